The van der Waals surface area contributed by atoms with Gasteiger partial charge >= 0.3 is 0 Å². The van der Waals surface area contributed by atoms with Gasteiger partial charge < -0.3 is 5.32 Å². The molecule has 1 atom stereocenters. The smallest absolute Gasteiger partial charge is 0.270 e. The molecule has 0 radical (unpaired) electrons. The topological polar surface area (TPSA) is 127 Å². The number of non-ortho nitro benzene ring substituents is 1. The van der Waals surface area contributed by atoms with Crippen LogP contribution in [0.3, 0.4) is 0 Å². The van der Waals surface area contributed by atoms with Crippen molar-refractivity contribution < 1.29 is 21.8 Å². The first-order chi connectivity index (χ1) is 14.0. The molecule has 2 aromatic rings. The molecule has 0 bridgehead atoms. The van der Waals surface area contributed by atoms with E-state index >= 15 is 0 Å². The standard InChI is InChI=1S/C19H23N3O6S2/c1-14(15-5-8-17(9-6-15)29(2,25)26)20-18-10-7-16(22(23)24)13-19(18)30(27,28)21-11-3-4-12-21/h5-10,13-14,20H,3-4,11-12H2,1-2H3. The van der Waals surface area contributed by atoms with E-state index < -0.39 is 24.8 Å². The van der Waals surface area contributed by atoms with Crippen molar-refractivity contribution in [1.82, 2.24) is 4.31 Å². The van der Waals surface area contributed by atoms with E-state index in [0.717, 1.165) is 30.7 Å². The van der Waals surface area contributed by atoms with Crippen molar-refractivity contribution in [2.45, 2.75) is 35.6 Å². The molecule has 2 aromatic carbocycles. The zero-order chi connectivity index (χ0) is 22.1. The Hall–Kier alpha value is -2.50. The van der Waals surface area contributed by atoms with E-state index in [1.807, 2.05) is 0 Å². The molecule has 0 amide bonds. The van der Waals surface area contributed by atoms with E-state index in [-0.39, 0.29) is 27.2 Å². The van der Waals surface area contributed by atoms with Gasteiger partial charge in [0.1, 0.15) is 4.90 Å². The molecule has 11 heteroatoms. The van der Waals surface area contributed by atoms with Crippen LogP contribution in [-0.4, -0.2) is 45.4 Å². The number of hydrogen-bond acceptors (Lipinski definition) is 7. The quantitative estimate of drug-likeness (QED) is 0.504. The normalized spacial score (nSPS) is 16.3. The van der Waals surface area contributed by atoms with Crippen molar-refractivity contribution in [1.29, 1.82) is 0 Å². The highest BCUT2D eigenvalue weighted by molar-refractivity contribution is 7.90. The van der Waals surface area contributed by atoms with Crippen LogP contribution in [0.15, 0.2) is 52.3 Å². The molecular weight excluding hydrogens is 430 g/mol. The van der Waals surface area contributed by atoms with Crippen molar-refractivity contribution in [2.75, 3.05) is 24.7 Å². The lowest BCUT2D eigenvalue weighted by molar-refractivity contribution is -0.385. The van der Waals surface area contributed by atoms with Gasteiger partial charge in [0, 0.05) is 37.5 Å². The minimum absolute atomic E-state index is 0.141. The van der Waals surface area contributed by atoms with Gasteiger partial charge in [-0.15, -0.1) is 0 Å². The maximum Gasteiger partial charge on any atom is 0.270 e. The van der Waals surface area contributed by atoms with Crippen LogP contribution in [0, 0.1) is 10.1 Å². The molecule has 1 fully saturated rings. The molecule has 162 valence electrons. The number of sulfonamides is 1. The fourth-order valence-corrected chi connectivity index (χ4v) is 5.67. The highest BCUT2D eigenvalue weighted by atomic mass is 32.2. The lowest BCUT2D eigenvalue weighted by atomic mass is 10.1. The number of hydrogen-bond donors (Lipinski definition) is 1. The van der Waals surface area contributed by atoms with Crippen molar-refractivity contribution in [3.05, 3.63) is 58.1 Å². The molecule has 3 rings (SSSR count). The summed E-state index contributed by atoms with van der Waals surface area (Å²) < 4.78 is 50.8. The number of nitrogens with one attached hydrogen (secondary N) is 1. The van der Waals surface area contributed by atoms with Gasteiger partial charge in [0.05, 0.1) is 15.5 Å². The number of nitro benzene ring substituents is 1. The van der Waals surface area contributed by atoms with Crippen LogP contribution < -0.4 is 5.32 Å². The largest absolute Gasteiger partial charge is 0.377 e. The lowest BCUT2D eigenvalue weighted by Crippen LogP contribution is -2.28. The van der Waals surface area contributed by atoms with Crippen LogP contribution >= 0.6 is 0 Å². The first-order valence-electron chi connectivity index (χ1n) is 9.35. The Labute approximate surface area is 175 Å². The van der Waals surface area contributed by atoms with Crippen LogP contribution in [0.5, 0.6) is 0 Å². The maximum atomic E-state index is 13.1. The fourth-order valence-electron chi connectivity index (χ4n) is 3.35. The third-order valence-electron chi connectivity index (χ3n) is 5.04. The average molecular weight is 454 g/mol. The Bertz CT molecular complexity index is 1160. The van der Waals surface area contributed by atoms with Gasteiger partial charge in [0.2, 0.25) is 10.0 Å². The Balaban J connectivity index is 1.96. The maximum absolute atomic E-state index is 13.1. The molecule has 1 unspecified atom stereocenters. The van der Waals surface area contributed by atoms with Gasteiger partial charge in [-0.25, -0.2) is 16.8 Å². The summed E-state index contributed by atoms with van der Waals surface area (Å²) in [5.74, 6) is 0. The van der Waals surface area contributed by atoms with E-state index in [1.165, 1.54) is 28.6 Å². The molecule has 0 aliphatic carbocycles. The molecule has 0 aromatic heterocycles. The third kappa shape index (κ3) is 4.63. The Kier molecular flexibility index (Phi) is 6.16. The van der Waals surface area contributed by atoms with Crippen molar-refractivity contribution in [3.8, 4) is 0 Å². The Morgan fingerprint density at radius 3 is 2.17 bits per heavy atom. The molecular formula is C19H23N3O6S2. The molecule has 0 saturated carbocycles. The number of nitrogens with zero attached hydrogens (tertiary/aromatic N) is 2. The van der Waals surface area contributed by atoms with Gasteiger partial charge in [-0.05, 0) is 43.5 Å². The molecule has 30 heavy (non-hydrogen) atoms. The third-order valence-corrected chi connectivity index (χ3v) is 8.11. The number of rotatable bonds is 7. The summed E-state index contributed by atoms with van der Waals surface area (Å²) in [6.45, 7) is 2.56. The Morgan fingerprint density at radius 2 is 1.63 bits per heavy atom. The zero-order valence-corrected chi connectivity index (χ0v) is 18.2. The summed E-state index contributed by atoms with van der Waals surface area (Å²) in [7, 11) is -7.21. The molecule has 9 nitrogen and oxygen atoms in total. The molecule has 1 aliphatic rings. The summed E-state index contributed by atoms with van der Waals surface area (Å²) in [5.41, 5.74) is 0.695. The summed E-state index contributed by atoms with van der Waals surface area (Å²) >= 11 is 0. The minimum atomic E-state index is -3.89. The van der Waals surface area contributed by atoms with Gasteiger partial charge in [-0.1, -0.05) is 12.1 Å². The molecule has 0 spiro atoms. The number of nitro groups is 1. The molecule has 1 saturated heterocycles. The van der Waals surface area contributed by atoms with Gasteiger partial charge in [0.25, 0.3) is 5.69 Å². The molecule has 1 N–H and O–H groups in total. The monoisotopic (exact) mass is 453 g/mol. The predicted molar refractivity (Wildman–Crippen MR) is 113 cm³/mol. The lowest BCUT2D eigenvalue weighted by Gasteiger charge is -2.21. The van der Waals surface area contributed by atoms with E-state index in [1.54, 1.807) is 19.1 Å². The minimum Gasteiger partial charge on any atom is -0.377 e. The second kappa shape index (κ2) is 8.32. The zero-order valence-electron chi connectivity index (χ0n) is 16.6. The SMILES string of the molecule is CC(Nc1ccc([N+](=O)[O-])cc1S(=O)(=O)N1CCCC1)c1ccc(S(C)(=O)=O)cc1. The first-order valence-corrected chi connectivity index (χ1v) is 12.7. The number of anilines is 1. The average Bonchev–Trinajstić information content (AvgIpc) is 3.23. The van der Waals surface area contributed by atoms with Crippen molar-refractivity contribution >= 4 is 31.2 Å². The van der Waals surface area contributed by atoms with Crippen LogP contribution in [0.25, 0.3) is 0 Å². The van der Waals surface area contributed by atoms with E-state index in [2.05, 4.69) is 5.32 Å². The second-order valence-corrected chi connectivity index (χ2v) is 11.2. The Morgan fingerprint density at radius 1 is 1.03 bits per heavy atom. The van der Waals surface area contributed by atoms with E-state index in [4.69, 9.17) is 0 Å². The van der Waals surface area contributed by atoms with Gasteiger partial charge in [0.15, 0.2) is 9.84 Å². The number of sulfone groups is 1. The summed E-state index contributed by atoms with van der Waals surface area (Å²) in [6.07, 6.45) is 2.62. The van der Waals surface area contributed by atoms with Gasteiger partial charge in [-0.2, -0.15) is 4.31 Å². The highest BCUT2D eigenvalue weighted by Gasteiger charge is 2.31. The molecule has 1 heterocycles. The van der Waals surface area contributed by atoms with Crippen LogP contribution in [-0.2, 0) is 19.9 Å². The van der Waals surface area contributed by atoms with Gasteiger partial charge in [-0.3, -0.25) is 10.1 Å². The summed E-state index contributed by atoms with van der Waals surface area (Å²) in [6, 6.07) is 9.62. The van der Waals surface area contributed by atoms with Crippen molar-refractivity contribution in [3.63, 3.8) is 0 Å². The van der Waals surface area contributed by atoms with Crippen molar-refractivity contribution in [2.24, 2.45) is 0 Å². The highest BCUT2D eigenvalue weighted by Crippen LogP contribution is 2.33. The number of benzene rings is 2. The van der Waals surface area contributed by atoms with E-state index in [9.17, 15) is 26.9 Å². The second-order valence-electron chi connectivity index (χ2n) is 7.26. The molecule has 1 aliphatic heterocycles. The van der Waals surface area contributed by atoms with Crippen LogP contribution in [0.2, 0.25) is 0 Å². The predicted octanol–water partition coefficient (Wildman–Crippen LogP) is 2.96. The van der Waals surface area contributed by atoms with Crippen LogP contribution in [0.1, 0.15) is 31.4 Å². The fraction of sp³-hybridized carbons (Fsp3) is 0.368. The van der Waals surface area contributed by atoms with Crippen LogP contribution in [0.4, 0.5) is 11.4 Å². The first kappa shape index (κ1) is 22.2. The van der Waals surface area contributed by atoms with E-state index in [0.29, 0.717) is 13.1 Å². The summed E-state index contributed by atoms with van der Waals surface area (Å²) in [5, 5.41) is 14.3. The summed E-state index contributed by atoms with van der Waals surface area (Å²) in [4.78, 5) is 10.6.